The molecule has 1 unspecified atom stereocenters. The molecule has 1 atom stereocenters. The van der Waals surface area contributed by atoms with Crippen molar-refractivity contribution in [3.63, 3.8) is 0 Å². The Morgan fingerprint density at radius 3 is 2.31 bits per heavy atom. The van der Waals surface area contributed by atoms with Gasteiger partial charge in [0.2, 0.25) is 0 Å². The zero-order chi connectivity index (χ0) is 21.3. The van der Waals surface area contributed by atoms with Crippen molar-refractivity contribution in [3.8, 4) is 0 Å². The predicted octanol–water partition coefficient (Wildman–Crippen LogP) is 4.41. The van der Waals surface area contributed by atoms with Gasteiger partial charge in [-0.2, -0.15) is 0 Å². The number of hydrogen-bond acceptors (Lipinski definition) is 4. The Morgan fingerprint density at radius 1 is 1.00 bits per heavy atom. The van der Waals surface area contributed by atoms with Crippen LogP contribution in [0.2, 0.25) is 5.02 Å². The van der Waals surface area contributed by atoms with Crippen LogP contribution in [0.1, 0.15) is 26.9 Å². The molecule has 150 valence electrons. The quantitative estimate of drug-likeness (QED) is 0.634. The maximum Gasteiger partial charge on any atom is 0.354 e. The van der Waals surface area contributed by atoms with Crippen LogP contribution in [0.5, 0.6) is 0 Å². The average Bonchev–Trinajstić information content (AvgIpc) is 2.66. The molecule has 0 radical (unpaired) electrons. The highest BCUT2D eigenvalue weighted by Gasteiger charge is 2.37. The largest absolute Gasteiger partial charge is 0.477 e. The molecule has 0 amide bonds. The van der Waals surface area contributed by atoms with E-state index in [0.29, 0.717) is 24.4 Å². The number of rotatable bonds is 5. The summed E-state index contributed by atoms with van der Waals surface area (Å²) < 4.78 is 69.6. The van der Waals surface area contributed by atoms with Crippen molar-refractivity contribution >= 4 is 27.4 Å². The van der Waals surface area contributed by atoms with Gasteiger partial charge < -0.3 is 5.11 Å². The molecular formula is C19H11ClF3NO4S. The Hall–Kier alpha value is -2.91. The zero-order valence-corrected chi connectivity index (χ0v) is 15.9. The number of aromatic carboxylic acids is 1. The molecule has 0 aliphatic carbocycles. The lowest BCUT2D eigenvalue weighted by atomic mass is 10.0. The molecule has 0 fully saturated rings. The molecule has 0 saturated heterocycles. The lowest BCUT2D eigenvalue weighted by Crippen LogP contribution is -2.19. The highest BCUT2D eigenvalue weighted by Crippen LogP contribution is 2.40. The predicted molar refractivity (Wildman–Crippen MR) is 98.0 cm³/mol. The number of nitrogens with zero attached hydrogens (tertiary/aromatic N) is 1. The van der Waals surface area contributed by atoms with Gasteiger partial charge in [-0.25, -0.2) is 31.4 Å². The van der Waals surface area contributed by atoms with Crippen LogP contribution >= 0.6 is 11.6 Å². The minimum atomic E-state index is -4.64. The maximum atomic E-state index is 14.6. The third-order valence-corrected chi connectivity index (χ3v) is 6.62. The molecule has 1 aromatic heterocycles. The second-order valence-electron chi connectivity index (χ2n) is 5.92. The van der Waals surface area contributed by atoms with Crippen molar-refractivity contribution < 1.29 is 31.5 Å². The molecule has 1 heterocycles. The van der Waals surface area contributed by atoms with Crippen molar-refractivity contribution in [3.05, 3.63) is 94.0 Å². The summed E-state index contributed by atoms with van der Waals surface area (Å²) in [5.74, 6) is -4.85. The zero-order valence-electron chi connectivity index (χ0n) is 14.3. The van der Waals surface area contributed by atoms with Crippen molar-refractivity contribution in [2.75, 3.05) is 0 Å². The molecule has 3 rings (SSSR count). The molecule has 0 aliphatic heterocycles. The maximum absolute atomic E-state index is 14.6. The third kappa shape index (κ3) is 3.96. The van der Waals surface area contributed by atoms with Gasteiger partial charge in [-0.05, 0) is 36.4 Å². The lowest BCUT2D eigenvalue weighted by molar-refractivity contribution is 0.0690. The fourth-order valence-corrected chi connectivity index (χ4v) is 5.14. The SMILES string of the molecule is O=C(O)c1cc(C(c2cc(F)ccc2F)S(=O)(=O)c2ccccc2Cl)c(F)cn1. The highest BCUT2D eigenvalue weighted by molar-refractivity contribution is 7.92. The van der Waals surface area contributed by atoms with Gasteiger partial charge in [0.15, 0.2) is 9.84 Å². The van der Waals surface area contributed by atoms with Crippen molar-refractivity contribution in [2.24, 2.45) is 0 Å². The number of pyridine rings is 1. The van der Waals surface area contributed by atoms with E-state index in [1.165, 1.54) is 18.2 Å². The van der Waals surface area contributed by atoms with Gasteiger partial charge >= 0.3 is 5.97 Å². The number of aromatic nitrogens is 1. The summed E-state index contributed by atoms with van der Waals surface area (Å²) in [4.78, 5) is 14.1. The first-order valence-electron chi connectivity index (χ1n) is 7.95. The molecule has 5 nitrogen and oxygen atoms in total. The molecule has 3 aromatic rings. The Kier molecular flexibility index (Phi) is 5.63. The summed E-state index contributed by atoms with van der Waals surface area (Å²) in [6, 6.07) is 7.92. The van der Waals surface area contributed by atoms with E-state index in [-0.39, 0.29) is 5.02 Å². The van der Waals surface area contributed by atoms with E-state index < -0.39 is 60.2 Å². The van der Waals surface area contributed by atoms with Crippen LogP contribution < -0.4 is 0 Å². The third-order valence-electron chi connectivity index (χ3n) is 4.08. The van der Waals surface area contributed by atoms with E-state index >= 15 is 0 Å². The standard InChI is InChI=1S/C19H11ClF3NO4S/c20-13-3-1-2-4-17(13)29(27,28)18(11-7-10(21)5-6-14(11)22)12-8-16(19(25)26)24-9-15(12)23/h1-9,18H,(H,25,26). The minimum absolute atomic E-state index is 0.220. The first kappa shape index (κ1) is 20.8. The molecule has 2 aromatic carbocycles. The van der Waals surface area contributed by atoms with Gasteiger partial charge in [-0.15, -0.1) is 0 Å². The fraction of sp³-hybridized carbons (Fsp3) is 0.0526. The molecule has 0 aliphatic rings. The van der Waals surface area contributed by atoms with Crippen molar-refractivity contribution in [1.29, 1.82) is 0 Å². The number of carboxylic acids is 1. The summed E-state index contributed by atoms with van der Waals surface area (Å²) in [5, 5.41) is 6.79. The number of halogens is 4. The minimum Gasteiger partial charge on any atom is -0.477 e. The number of benzene rings is 2. The summed E-state index contributed by atoms with van der Waals surface area (Å²) in [5.41, 5.74) is -2.08. The topological polar surface area (TPSA) is 84.3 Å². The lowest BCUT2D eigenvalue weighted by Gasteiger charge is -2.21. The fourth-order valence-electron chi connectivity index (χ4n) is 2.79. The first-order chi connectivity index (χ1) is 13.6. The Labute approximate surface area is 168 Å². The van der Waals surface area contributed by atoms with E-state index in [1.807, 2.05) is 0 Å². The molecular weight excluding hydrogens is 431 g/mol. The van der Waals surface area contributed by atoms with Crippen molar-refractivity contribution in [2.45, 2.75) is 10.1 Å². The van der Waals surface area contributed by atoms with Gasteiger partial charge in [-0.3, -0.25) is 0 Å². The number of hydrogen-bond donors (Lipinski definition) is 1. The Morgan fingerprint density at radius 2 is 1.66 bits per heavy atom. The summed E-state index contributed by atoms with van der Waals surface area (Å²) in [6.07, 6.45) is 0.505. The van der Waals surface area contributed by atoms with E-state index in [0.717, 1.165) is 12.1 Å². The summed E-state index contributed by atoms with van der Waals surface area (Å²) >= 11 is 5.97. The van der Waals surface area contributed by atoms with Gasteiger partial charge in [0.1, 0.15) is 28.4 Å². The monoisotopic (exact) mass is 441 g/mol. The van der Waals surface area contributed by atoms with Crippen LogP contribution in [0.15, 0.2) is 59.6 Å². The van der Waals surface area contributed by atoms with Gasteiger partial charge in [0, 0.05) is 11.1 Å². The van der Waals surface area contributed by atoms with Gasteiger partial charge in [-0.1, -0.05) is 23.7 Å². The normalized spacial score (nSPS) is 12.6. The molecule has 0 bridgehead atoms. The van der Waals surface area contributed by atoms with E-state index in [4.69, 9.17) is 16.7 Å². The molecule has 1 N–H and O–H groups in total. The molecule has 10 heteroatoms. The number of carboxylic acid groups (broad SMARTS) is 1. The second-order valence-corrected chi connectivity index (χ2v) is 8.33. The Bertz CT molecular complexity index is 1220. The molecule has 0 spiro atoms. The first-order valence-corrected chi connectivity index (χ1v) is 9.87. The van der Waals surface area contributed by atoms with Crippen molar-refractivity contribution in [1.82, 2.24) is 4.98 Å². The molecule has 29 heavy (non-hydrogen) atoms. The van der Waals surface area contributed by atoms with E-state index in [1.54, 1.807) is 0 Å². The smallest absolute Gasteiger partial charge is 0.354 e. The summed E-state index contributed by atoms with van der Waals surface area (Å²) in [6.45, 7) is 0. The second kappa shape index (κ2) is 7.84. The van der Waals surface area contributed by atoms with Gasteiger partial charge in [0.05, 0.1) is 16.1 Å². The highest BCUT2D eigenvalue weighted by atomic mass is 35.5. The van der Waals surface area contributed by atoms with Crippen LogP contribution in [-0.4, -0.2) is 24.5 Å². The van der Waals surface area contributed by atoms with Crippen LogP contribution in [0.4, 0.5) is 13.2 Å². The van der Waals surface area contributed by atoms with Gasteiger partial charge in [0.25, 0.3) is 0 Å². The Balaban J connectivity index is 2.38. The van der Waals surface area contributed by atoms with Crippen LogP contribution in [-0.2, 0) is 9.84 Å². The molecule has 0 saturated carbocycles. The van der Waals surface area contributed by atoms with Crippen LogP contribution in [0.25, 0.3) is 0 Å². The number of carbonyl (C=O) groups is 1. The number of sulfone groups is 1. The van der Waals surface area contributed by atoms with Crippen LogP contribution in [0.3, 0.4) is 0 Å². The summed E-state index contributed by atoms with van der Waals surface area (Å²) in [7, 11) is -4.64. The van der Waals surface area contributed by atoms with E-state index in [2.05, 4.69) is 4.98 Å². The van der Waals surface area contributed by atoms with Crippen LogP contribution in [0, 0.1) is 17.5 Å². The average molecular weight is 442 g/mol. The van der Waals surface area contributed by atoms with E-state index in [9.17, 15) is 26.4 Å².